The molecule has 0 radical (unpaired) electrons. The number of nitrogens with one attached hydrogen (secondary N) is 2. The Morgan fingerprint density at radius 1 is 1.18 bits per heavy atom. The number of carbonyl (C=O) groups excluding carboxylic acids is 3. The number of hydrogen-bond donors (Lipinski definition) is 3. The fourth-order valence-electron chi connectivity index (χ4n) is 2.73. The third kappa shape index (κ3) is 4.09. The summed E-state index contributed by atoms with van der Waals surface area (Å²) in [5.74, 6) is -0.392. The first-order valence-corrected chi connectivity index (χ1v) is 9.71. The van der Waals surface area contributed by atoms with Crippen molar-refractivity contribution in [1.82, 2.24) is 19.9 Å². The number of nitrogens with two attached hydrogens (primary N) is 1. The van der Waals surface area contributed by atoms with Gasteiger partial charge in [-0.25, -0.2) is 22.7 Å². The van der Waals surface area contributed by atoms with E-state index >= 15 is 0 Å². The summed E-state index contributed by atoms with van der Waals surface area (Å²) in [6.07, 6.45) is 1.99. The first-order chi connectivity index (χ1) is 13.3. The summed E-state index contributed by atoms with van der Waals surface area (Å²) in [5.41, 5.74) is 6.56. The smallest absolute Gasteiger partial charge is 0.326 e. The molecule has 11 heteroatoms. The normalized spacial score (nSPS) is 13.1. The molecule has 28 heavy (non-hydrogen) atoms. The predicted molar refractivity (Wildman–Crippen MR) is 97.6 cm³/mol. The number of pyridine rings is 1. The van der Waals surface area contributed by atoms with E-state index in [1.807, 2.05) is 0 Å². The van der Waals surface area contributed by atoms with Crippen molar-refractivity contribution in [1.29, 1.82) is 0 Å². The van der Waals surface area contributed by atoms with Crippen LogP contribution in [-0.2, 0) is 23.0 Å². The lowest BCUT2D eigenvalue weighted by molar-refractivity contribution is 0.0821. The molecule has 1 aliphatic heterocycles. The lowest BCUT2D eigenvalue weighted by Crippen LogP contribution is -2.40. The molecule has 1 aliphatic rings. The van der Waals surface area contributed by atoms with Crippen LogP contribution in [0.15, 0.2) is 47.5 Å². The number of hydrogen-bond acceptors (Lipinski definition) is 6. The van der Waals surface area contributed by atoms with Crippen LogP contribution in [0.2, 0.25) is 0 Å². The highest BCUT2D eigenvalue weighted by atomic mass is 32.2. The van der Waals surface area contributed by atoms with Crippen LogP contribution in [0.1, 0.15) is 21.6 Å². The van der Waals surface area contributed by atoms with Crippen LogP contribution in [0.3, 0.4) is 0 Å². The van der Waals surface area contributed by atoms with Crippen LogP contribution < -0.4 is 15.8 Å². The molecule has 2 aromatic rings. The standard InChI is InChI=1S/C17H17N5O5S/c18-16(24)21-28(26,27)12-5-3-11(4-6-12)7-9-20-17(25)22-10-14-13(15(22)23)2-1-8-19-14/h1-6,8H,7,9-10H2,(H,20,25)(H3,18,21,24). The first-order valence-electron chi connectivity index (χ1n) is 8.23. The van der Waals surface area contributed by atoms with Crippen molar-refractivity contribution < 1.29 is 22.8 Å². The molecule has 0 saturated carbocycles. The Morgan fingerprint density at radius 2 is 1.89 bits per heavy atom. The van der Waals surface area contributed by atoms with Gasteiger partial charge in [-0.2, -0.15) is 0 Å². The minimum atomic E-state index is -4.00. The molecular formula is C17H17N5O5S. The molecule has 146 valence electrons. The molecule has 3 rings (SSSR count). The monoisotopic (exact) mass is 403 g/mol. The highest BCUT2D eigenvalue weighted by Gasteiger charge is 2.32. The number of benzene rings is 1. The van der Waals surface area contributed by atoms with Crippen molar-refractivity contribution in [3.05, 3.63) is 59.4 Å². The molecule has 1 aromatic heterocycles. The molecule has 10 nitrogen and oxygen atoms in total. The number of primary amides is 1. The van der Waals surface area contributed by atoms with Gasteiger partial charge in [-0.05, 0) is 36.2 Å². The number of urea groups is 2. The molecule has 0 atom stereocenters. The van der Waals surface area contributed by atoms with Gasteiger partial charge in [-0.3, -0.25) is 14.7 Å². The van der Waals surface area contributed by atoms with Crippen molar-refractivity contribution in [2.24, 2.45) is 5.73 Å². The number of imide groups is 1. The quantitative estimate of drug-likeness (QED) is 0.655. The van der Waals surface area contributed by atoms with Crippen LogP contribution in [0.4, 0.5) is 9.59 Å². The number of sulfonamides is 1. The Hall–Kier alpha value is -3.47. The van der Waals surface area contributed by atoms with E-state index in [0.29, 0.717) is 17.7 Å². The highest BCUT2D eigenvalue weighted by Crippen LogP contribution is 2.20. The lowest BCUT2D eigenvalue weighted by atomic mass is 10.1. The third-order valence-corrected chi connectivity index (χ3v) is 5.44. The molecule has 2 heterocycles. The molecule has 4 N–H and O–H groups in total. The predicted octanol–water partition coefficient (Wildman–Crippen LogP) is 0.347. The number of aromatic nitrogens is 1. The Labute approximate surface area is 160 Å². The van der Waals surface area contributed by atoms with Gasteiger partial charge in [0.2, 0.25) is 0 Å². The van der Waals surface area contributed by atoms with Crippen molar-refractivity contribution in [3.8, 4) is 0 Å². The maximum absolute atomic E-state index is 12.2. The fraction of sp³-hybridized carbons (Fsp3) is 0.176. The van der Waals surface area contributed by atoms with Gasteiger partial charge in [-0.15, -0.1) is 0 Å². The number of amides is 5. The molecule has 0 bridgehead atoms. The zero-order chi connectivity index (χ0) is 20.3. The second kappa shape index (κ2) is 7.64. The molecule has 0 saturated heterocycles. The van der Waals surface area contributed by atoms with Crippen LogP contribution in [0.5, 0.6) is 0 Å². The van der Waals surface area contributed by atoms with Crippen LogP contribution in [-0.4, -0.2) is 42.8 Å². The second-order valence-electron chi connectivity index (χ2n) is 5.98. The van der Waals surface area contributed by atoms with E-state index in [0.717, 1.165) is 10.5 Å². The fourth-order valence-corrected chi connectivity index (χ4v) is 3.60. The summed E-state index contributed by atoms with van der Waals surface area (Å²) in [7, 11) is -4.00. The number of rotatable bonds is 5. The maximum Gasteiger partial charge on any atom is 0.326 e. The van der Waals surface area contributed by atoms with Gasteiger partial charge in [0.1, 0.15) is 0 Å². The first kappa shape index (κ1) is 19.3. The van der Waals surface area contributed by atoms with Crippen LogP contribution in [0.25, 0.3) is 0 Å². The number of carbonyl (C=O) groups is 3. The van der Waals surface area contributed by atoms with Gasteiger partial charge in [0.25, 0.3) is 15.9 Å². The zero-order valence-electron chi connectivity index (χ0n) is 14.6. The van der Waals surface area contributed by atoms with Gasteiger partial charge in [0.05, 0.1) is 22.7 Å². The summed E-state index contributed by atoms with van der Waals surface area (Å²) < 4.78 is 25.3. The van der Waals surface area contributed by atoms with E-state index < -0.39 is 28.0 Å². The van der Waals surface area contributed by atoms with Crippen molar-refractivity contribution in [3.63, 3.8) is 0 Å². The maximum atomic E-state index is 12.2. The molecular weight excluding hydrogens is 386 g/mol. The van der Waals surface area contributed by atoms with E-state index in [1.54, 1.807) is 35.2 Å². The van der Waals surface area contributed by atoms with Crippen molar-refractivity contribution >= 4 is 28.0 Å². The van der Waals surface area contributed by atoms with Gasteiger partial charge in [-0.1, -0.05) is 12.1 Å². The molecule has 5 amide bonds. The average molecular weight is 403 g/mol. The van der Waals surface area contributed by atoms with Crippen LogP contribution >= 0.6 is 0 Å². The van der Waals surface area contributed by atoms with Gasteiger partial charge in [0, 0.05) is 12.7 Å². The van der Waals surface area contributed by atoms with E-state index in [4.69, 9.17) is 5.73 Å². The minimum Gasteiger partial charge on any atom is -0.351 e. The largest absolute Gasteiger partial charge is 0.351 e. The third-order valence-electron chi connectivity index (χ3n) is 4.08. The summed E-state index contributed by atoms with van der Waals surface area (Å²) >= 11 is 0. The number of nitrogens with zero attached hydrogens (tertiary/aromatic N) is 2. The molecule has 0 spiro atoms. The summed E-state index contributed by atoms with van der Waals surface area (Å²) in [4.78, 5) is 40.2. The average Bonchev–Trinajstić information content (AvgIpc) is 2.98. The Kier molecular flexibility index (Phi) is 5.27. The van der Waals surface area contributed by atoms with E-state index in [9.17, 15) is 22.8 Å². The molecule has 0 unspecified atom stereocenters. The topological polar surface area (TPSA) is 152 Å². The van der Waals surface area contributed by atoms with Gasteiger partial charge in [0.15, 0.2) is 0 Å². The Morgan fingerprint density at radius 3 is 2.54 bits per heavy atom. The molecule has 0 fully saturated rings. The Balaban J connectivity index is 1.54. The lowest BCUT2D eigenvalue weighted by Gasteiger charge is -2.14. The van der Waals surface area contributed by atoms with Crippen molar-refractivity contribution in [2.45, 2.75) is 17.9 Å². The van der Waals surface area contributed by atoms with Gasteiger partial charge < -0.3 is 11.1 Å². The SMILES string of the molecule is NC(=O)NS(=O)(=O)c1ccc(CCNC(=O)N2Cc3ncccc3C2=O)cc1. The second-order valence-corrected chi connectivity index (χ2v) is 7.67. The van der Waals surface area contributed by atoms with Crippen molar-refractivity contribution in [2.75, 3.05) is 6.54 Å². The highest BCUT2D eigenvalue weighted by molar-refractivity contribution is 7.90. The Bertz CT molecular complexity index is 1040. The van der Waals surface area contributed by atoms with Crippen LogP contribution in [0, 0.1) is 0 Å². The number of fused-ring (bicyclic) bond motifs is 1. The van der Waals surface area contributed by atoms with Gasteiger partial charge >= 0.3 is 12.1 Å². The molecule has 0 aliphatic carbocycles. The van der Waals surface area contributed by atoms with E-state index in [-0.39, 0.29) is 18.0 Å². The zero-order valence-corrected chi connectivity index (χ0v) is 15.4. The minimum absolute atomic E-state index is 0.105. The molecule has 1 aromatic carbocycles. The van der Waals surface area contributed by atoms with E-state index in [1.165, 1.54) is 12.1 Å². The summed E-state index contributed by atoms with van der Waals surface area (Å²) in [6, 6.07) is 7.35. The summed E-state index contributed by atoms with van der Waals surface area (Å²) in [5, 5.41) is 2.66. The summed E-state index contributed by atoms with van der Waals surface area (Å²) in [6.45, 7) is 0.373. The van der Waals surface area contributed by atoms with E-state index in [2.05, 4.69) is 10.3 Å².